The van der Waals surface area contributed by atoms with Crippen LogP contribution in [0, 0.1) is 0 Å². The number of allylic oxidation sites excluding steroid dienone is 1. The number of nitrogens with zero attached hydrogens (tertiary/aromatic N) is 1. The molecule has 0 aromatic heterocycles. The highest BCUT2D eigenvalue weighted by atomic mass is 15.3. The second-order valence-electron chi connectivity index (χ2n) is 4.49. The van der Waals surface area contributed by atoms with Gasteiger partial charge in [-0.2, -0.15) is 5.10 Å². The minimum absolute atomic E-state index is 1.09. The van der Waals surface area contributed by atoms with Crippen molar-refractivity contribution in [2.24, 2.45) is 5.10 Å². The number of anilines is 1. The van der Waals surface area contributed by atoms with Gasteiger partial charge in [0.05, 0.1) is 11.9 Å². The zero-order valence-corrected chi connectivity index (χ0v) is 10.4. The van der Waals surface area contributed by atoms with Gasteiger partial charge in [0.2, 0.25) is 0 Å². The molecule has 2 rings (SSSR count). The van der Waals surface area contributed by atoms with Crippen molar-refractivity contribution in [3.8, 4) is 0 Å². The average molecular weight is 228 g/mol. The Morgan fingerprint density at radius 1 is 1.12 bits per heavy atom. The highest BCUT2D eigenvalue weighted by Crippen LogP contribution is 2.22. The van der Waals surface area contributed by atoms with Gasteiger partial charge in [0.25, 0.3) is 0 Å². The number of unbranched alkanes of at least 4 members (excludes halogenated alkanes) is 3. The third-order valence-corrected chi connectivity index (χ3v) is 3.04. The van der Waals surface area contributed by atoms with Crippen LogP contribution < -0.4 is 5.43 Å². The Balaban J connectivity index is 2.01. The summed E-state index contributed by atoms with van der Waals surface area (Å²) in [5.41, 5.74) is 6.71. The first kappa shape index (κ1) is 11.9. The fourth-order valence-electron chi connectivity index (χ4n) is 2.04. The standard InChI is InChI=1S/C15H20N2/c1-2-3-4-5-8-13-11-14-9-6-7-10-15(14)17-16-12-13/h6-7,9-12,17H,2-5,8H2,1H3. The summed E-state index contributed by atoms with van der Waals surface area (Å²) >= 11 is 0. The van der Waals surface area contributed by atoms with Crippen molar-refractivity contribution < 1.29 is 0 Å². The lowest BCUT2D eigenvalue weighted by Gasteiger charge is -2.02. The molecule has 90 valence electrons. The number of hydrazone groups is 1. The maximum Gasteiger partial charge on any atom is 0.0634 e. The van der Waals surface area contributed by atoms with Crippen molar-refractivity contribution in [1.82, 2.24) is 0 Å². The minimum Gasteiger partial charge on any atom is -0.278 e. The average Bonchev–Trinajstić information content (AvgIpc) is 2.56. The Hall–Kier alpha value is -1.57. The Bertz CT molecular complexity index is 419. The number of hydrogen-bond acceptors (Lipinski definition) is 2. The Morgan fingerprint density at radius 2 is 2.00 bits per heavy atom. The molecule has 2 heteroatoms. The van der Waals surface area contributed by atoms with Gasteiger partial charge in [-0.05, 0) is 36.1 Å². The van der Waals surface area contributed by atoms with E-state index in [1.807, 2.05) is 12.3 Å². The second kappa shape index (κ2) is 6.24. The Morgan fingerprint density at radius 3 is 2.88 bits per heavy atom. The molecule has 17 heavy (non-hydrogen) atoms. The summed E-state index contributed by atoms with van der Waals surface area (Å²) in [5.74, 6) is 0. The summed E-state index contributed by atoms with van der Waals surface area (Å²) in [4.78, 5) is 0. The van der Waals surface area contributed by atoms with Crippen LogP contribution in [0.5, 0.6) is 0 Å². The fourth-order valence-corrected chi connectivity index (χ4v) is 2.04. The Kier molecular flexibility index (Phi) is 4.37. The zero-order chi connectivity index (χ0) is 11.9. The first-order valence-corrected chi connectivity index (χ1v) is 6.49. The molecule has 1 aliphatic heterocycles. The van der Waals surface area contributed by atoms with Gasteiger partial charge in [0.1, 0.15) is 0 Å². The summed E-state index contributed by atoms with van der Waals surface area (Å²) in [5, 5.41) is 4.25. The van der Waals surface area contributed by atoms with E-state index < -0.39 is 0 Å². The molecular formula is C15H20N2. The molecule has 0 unspecified atom stereocenters. The predicted octanol–water partition coefficient (Wildman–Crippen LogP) is 4.45. The van der Waals surface area contributed by atoms with Crippen LogP contribution >= 0.6 is 0 Å². The highest BCUT2D eigenvalue weighted by molar-refractivity contribution is 5.89. The molecule has 1 aliphatic rings. The van der Waals surface area contributed by atoms with Crippen LogP contribution in [-0.4, -0.2) is 6.21 Å². The van der Waals surface area contributed by atoms with E-state index >= 15 is 0 Å². The molecule has 2 nitrogen and oxygen atoms in total. The van der Waals surface area contributed by atoms with E-state index in [1.54, 1.807) is 0 Å². The number of hydrogen-bond donors (Lipinski definition) is 1. The van der Waals surface area contributed by atoms with E-state index in [0.29, 0.717) is 0 Å². The first-order chi connectivity index (χ1) is 8.40. The third kappa shape index (κ3) is 3.45. The van der Waals surface area contributed by atoms with Gasteiger partial charge in [-0.1, -0.05) is 44.4 Å². The third-order valence-electron chi connectivity index (χ3n) is 3.04. The highest BCUT2D eigenvalue weighted by Gasteiger charge is 2.03. The molecule has 1 aromatic carbocycles. The van der Waals surface area contributed by atoms with Crippen molar-refractivity contribution >= 4 is 18.0 Å². The van der Waals surface area contributed by atoms with Crippen molar-refractivity contribution in [2.75, 3.05) is 5.43 Å². The monoisotopic (exact) mass is 228 g/mol. The van der Waals surface area contributed by atoms with Crippen LogP contribution in [0.25, 0.3) is 6.08 Å². The largest absolute Gasteiger partial charge is 0.278 e. The predicted molar refractivity (Wildman–Crippen MR) is 75.3 cm³/mol. The summed E-state index contributed by atoms with van der Waals surface area (Å²) in [6, 6.07) is 8.28. The topological polar surface area (TPSA) is 24.4 Å². The van der Waals surface area contributed by atoms with E-state index in [-0.39, 0.29) is 0 Å². The molecule has 1 aromatic rings. The van der Waals surface area contributed by atoms with Crippen molar-refractivity contribution in [2.45, 2.75) is 39.0 Å². The van der Waals surface area contributed by atoms with Gasteiger partial charge in [-0.3, -0.25) is 5.43 Å². The van der Waals surface area contributed by atoms with Crippen LogP contribution in [0.3, 0.4) is 0 Å². The van der Waals surface area contributed by atoms with Crippen molar-refractivity contribution in [3.63, 3.8) is 0 Å². The number of nitrogens with one attached hydrogen (secondary N) is 1. The molecule has 0 radical (unpaired) electrons. The second-order valence-corrected chi connectivity index (χ2v) is 4.49. The summed E-state index contributed by atoms with van der Waals surface area (Å²) in [6.45, 7) is 2.24. The molecule has 0 bridgehead atoms. The minimum atomic E-state index is 1.09. The Labute approximate surface area is 103 Å². The van der Waals surface area contributed by atoms with Gasteiger partial charge in [-0.15, -0.1) is 0 Å². The number of benzene rings is 1. The summed E-state index contributed by atoms with van der Waals surface area (Å²) in [6.07, 6.45) is 10.5. The van der Waals surface area contributed by atoms with Crippen LogP contribution in [-0.2, 0) is 0 Å². The molecule has 0 saturated carbocycles. The van der Waals surface area contributed by atoms with Crippen LogP contribution in [0.4, 0.5) is 5.69 Å². The van der Waals surface area contributed by atoms with E-state index in [1.165, 1.54) is 36.8 Å². The number of rotatable bonds is 5. The molecular weight excluding hydrogens is 208 g/mol. The lowest BCUT2D eigenvalue weighted by molar-refractivity contribution is 0.671. The fraction of sp³-hybridized carbons (Fsp3) is 0.400. The quantitative estimate of drug-likeness (QED) is 0.740. The first-order valence-electron chi connectivity index (χ1n) is 6.49. The van der Waals surface area contributed by atoms with Gasteiger partial charge >= 0.3 is 0 Å². The van der Waals surface area contributed by atoms with Gasteiger partial charge < -0.3 is 0 Å². The van der Waals surface area contributed by atoms with Crippen LogP contribution in [0.15, 0.2) is 34.9 Å². The summed E-state index contributed by atoms with van der Waals surface area (Å²) in [7, 11) is 0. The molecule has 0 fully saturated rings. The lowest BCUT2D eigenvalue weighted by Crippen LogP contribution is -1.88. The van der Waals surface area contributed by atoms with E-state index in [4.69, 9.17) is 0 Å². The van der Waals surface area contributed by atoms with Gasteiger partial charge in [0.15, 0.2) is 0 Å². The normalized spacial score (nSPS) is 13.6. The van der Waals surface area contributed by atoms with E-state index in [2.05, 4.69) is 41.7 Å². The molecule has 0 aliphatic carbocycles. The molecule has 1 N–H and O–H groups in total. The lowest BCUT2D eigenvalue weighted by atomic mass is 10.0. The van der Waals surface area contributed by atoms with Gasteiger partial charge in [0, 0.05) is 0 Å². The zero-order valence-electron chi connectivity index (χ0n) is 10.4. The van der Waals surface area contributed by atoms with E-state index in [9.17, 15) is 0 Å². The maximum atomic E-state index is 4.25. The van der Waals surface area contributed by atoms with E-state index in [0.717, 1.165) is 12.1 Å². The molecule has 1 heterocycles. The number of fused-ring (bicyclic) bond motifs is 1. The smallest absolute Gasteiger partial charge is 0.0634 e. The molecule has 0 atom stereocenters. The van der Waals surface area contributed by atoms with Gasteiger partial charge in [-0.25, -0.2) is 0 Å². The molecule has 0 spiro atoms. The van der Waals surface area contributed by atoms with Crippen molar-refractivity contribution in [3.05, 3.63) is 35.4 Å². The van der Waals surface area contributed by atoms with Crippen LogP contribution in [0.1, 0.15) is 44.6 Å². The maximum absolute atomic E-state index is 4.25. The SMILES string of the molecule is CCCCCCC1=Cc2ccccc2NN=C1. The number of para-hydroxylation sites is 1. The van der Waals surface area contributed by atoms with Crippen molar-refractivity contribution in [1.29, 1.82) is 0 Å². The molecule has 0 saturated heterocycles. The summed E-state index contributed by atoms with van der Waals surface area (Å²) < 4.78 is 0. The molecule has 0 amide bonds. The van der Waals surface area contributed by atoms with Crippen LogP contribution in [0.2, 0.25) is 0 Å².